The predicted molar refractivity (Wildman–Crippen MR) is 116 cm³/mol. The molecule has 0 bridgehead atoms. The third-order valence-electron chi connectivity index (χ3n) is 4.34. The van der Waals surface area contributed by atoms with E-state index in [2.05, 4.69) is 15.6 Å². The molecule has 6 nitrogen and oxygen atoms in total. The van der Waals surface area contributed by atoms with Gasteiger partial charge in [-0.05, 0) is 24.3 Å². The monoisotopic (exact) mass is 417 g/mol. The van der Waals surface area contributed by atoms with Crippen molar-refractivity contribution in [2.45, 2.75) is 0 Å². The molecular formula is C23H19N3O3S. The fraction of sp³-hybridized carbons (Fsp3) is 0.0870. The number of hydrogen-bond acceptors (Lipinski definition) is 5. The Morgan fingerprint density at radius 1 is 0.833 bits per heavy atom. The van der Waals surface area contributed by atoms with Crippen LogP contribution in [0, 0.1) is 0 Å². The van der Waals surface area contributed by atoms with Gasteiger partial charge >= 0.3 is 0 Å². The molecule has 150 valence electrons. The molecule has 7 heteroatoms. The summed E-state index contributed by atoms with van der Waals surface area (Å²) in [6, 6.07) is 22.1. The molecule has 0 radical (unpaired) electrons. The first-order chi connectivity index (χ1) is 14.7. The molecule has 2 heterocycles. The fourth-order valence-electron chi connectivity index (χ4n) is 2.90. The summed E-state index contributed by atoms with van der Waals surface area (Å²) in [5.41, 5.74) is 2.05. The van der Waals surface area contributed by atoms with E-state index in [1.54, 1.807) is 24.5 Å². The SMILES string of the molecule is O=C(NCCNC(=O)c1sc(-c2ccco2)nc1-c1ccccc1)c1ccccc1. The molecule has 0 fully saturated rings. The molecule has 4 aromatic rings. The molecule has 2 amide bonds. The highest BCUT2D eigenvalue weighted by Gasteiger charge is 2.21. The lowest BCUT2D eigenvalue weighted by Crippen LogP contribution is -2.34. The number of benzene rings is 2. The molecule has 0 spiro atoms. The number of hydrogen-bond donors (Lipinski definition) is 2. The van der Waals surface area contributed by atoms with Crippen LogP contribution in [0.15, 0.2) is 83.5 Å². The number of nitrogens with one attached hydrogen (secondary N) is 2. The molecule has 2 aromatic carbocycles. The molecule has 0 aliphatic rings. The molecule has 0 aliphatic carbocycles. The number of carbonyl (C=O) groups excluding carboxylic acids is 2. The standard InChI is InChI=1S/C23H19N3O3S/c27-21(17-10-5-2-6-11-17)24-13-14-25-22(28)20-19(16-8-3-1-4-9-16)26-23(30-20)18-12-7-15-29-18/h1-12,15H,13-14H2,(H,24,27)(H,25,28). The zero-order chi connectivity index (χ0) is 20.8. The molecule has 2 aromatic heterocycles. The van der Waals surface area contributed by atoms with Gasteiger partial charge in [-0.2, -0.15) is 0 Å². The highest BCUT2D eigenvalue weighted by molar-refractivity contribution is 7.17. The molecule has 0 saturated carbocycles. The van der Waals surface area contributed by atoms with Gasteiger partial charge in [0, 0.05) is 24.2 Å². The molecule has 0 unspecified atom stereocenters. The van der Waals surface area contributed by atoms with Gasteiger partial charge in [-0.25, -0.2) is 4.98 Å². The van der Waals surface area contributed by atoms with E-state index in [-0.39, 0.29) is 11.8 Å². The second-order valence-corrected chi connectivity index (χ2v) is 7.42. The lowest BCUT2D eigenvalue weighted by Gasteiger charge is -2.07. The van der Waals surface area contributed by atoms with E-state index in [4.69, 9.17) is 4.42 Å². The van der Waals surface area contributed by atoms with Gasteiger partial charge in [0.05, 0.1) is 12.0 Å². The summed E-state index contributed by atoms with van der Waals surface area (Å²) in [5, 5.41) is 6.30. The summed E-state index contributed by atoms with van der Waals surface area (Å²) < 4.78 is 5.44. The van der Waals surface area contributed by atoms with Crippen molar-refractivity contribution in [1.29, 1.82) is 0 Å². The largest absolute Gasteiger partial charge is 0.462 e. The van der Waals surface area contributed by atoms with Crippen molar-refractivity contribution >= 4 is 23.2 Å². The molecule has 4 rings (SSSR count). The van der Waals surface area contributed by atoms with Crippen LogP contribution in [0.5, 0.6) is 0 Å². The topological polar surface area (TPSA) is 84.2 Å². The first-order valence-corrected chi connectivity index (χ1v) is 10.3. The number of rotatable bonds is 7. The molecule has 0 saturated heterocycles. The normalized spacial score (nSPS) is 10.5. The summed E-state index contributed by atoms with van der Waals surface area (Å²) in [5.74, 6) is 0.206. The maximum Gasteiger partial charge on any atom is 0.263 e. The quantitative estimate of drug-likeness (QED) is 0.441. The number of carbonyl (C=O) groups is 2. The van der Waals surface area contributed by atoms with Gasteiger partial charge in [-0.3, -0.25) is 9.59 Å². The smallest absolute Gasteiger partial charge is 0.263 e. The Balaban J connectivity index is 1.44. The van der Waals surface area contributed by atoms with E-state index in [1.807, 2.05) is 54.6 Å². The lowest BCUT2D eigenvalue weighted by molar-refractivity contribution is 0.0930. The van der Waals surface area contributed by atoms with Crippen LogP contribution >= 0.6 is 11.3 Å². The molecule has 0 aliphatic heterocycles. The van der Waals surface area contributed by atoms with Crippen LogP contribution < -0.4 is 10.6 Å². The second kappa shape index (κ2) is 9.19. The van der Waals surface area contributed by atoms with E-state index in [1.165, 1.54) is 11.3 Å². The van der Waals surface area contributed by atoms with Crippen LogP contribution in [-0.4, -0.2) is 29.9 Å². The van der Waals surface area contributed by atoms with Gasteiger partial charge in [0.1, 0.15) is 4.88 Å². The van der Waals surface area contributed by atoms with E-state index in [0.29, 0.717) is 40.0 Å². The summed E-state index contributed by atoms with van der Waals surface area (Å²) >= 11 is 1.28. The average molecular weight is 417 g/mol. The number of amides is 2. The number of aromatic nitrogens is 1. The fourth-order valence-corrected chi connectivity index (χ4v) is 3.87. The summed E-state index contributed by atoms with van der Waals surface area (Å²) in [7, 11) is 0. The van der Waals surface area contributed by atoms with Crippen molar-refractivity contribution in [2.24, 2.45) is 0 Å². The van der Waals surface area contributed by atoms with Crippen LogP contribution in [0.3, 0.4) is 0 Å². The van der Waals surface area contributed by atoms with E-state index in [0.717, 1.165) is 5.56 Å². The Morgan fingerprint density at radius 3 is 2.17 bits per heavy atom. The minimum absolute atomic E-state index is 0.173. The van der Waals surface area contributed by atoms with Gasteiger partial charge in [0.2, 0.25) is 0 Å². The van der Waals surface area contributed by atoms with E-state index < -0.39 is 0 Å². The Morgan fingerprint density at radius 2 is 1.50 bits per heavy atom. The zero-order valence-electron chi connectivity index (χ0n) is 16.0. The second-order valence-electron chi connectivity index (χ2n) is 6.42. The summed E-state index contributed by atoms with van der Waals surface area (Å²) in [4.78, 5) is 30.1. The Bertz CT molecular complexity index is 1120. The van der Waals surface area contributed by atoms with E-state index in [9.17, 15) is 9.59 Å². The molecule has 0 atom stereocenters. The third-order valence-corrected chi connectivity index (χ3v) is 5.41. The van der Waals surface area contributed by atoms with Crippen LogP contribution in [0.25, 0.3) is 22.0 Å². The number of furan rings is 1. The molecule has 30 heavy (non-hydrogen) atoms. The van der Waals surface area contributed by atoms with Gasteiger partial charge in [-0.1, -0.05) is 48.5 Å². The predicted octanol–water partition coefficient (Wildman–Crippen LogP) is 4.23. The van der Waals surface area contributed by atoms with Crippen molar-refractivity contribution in [1.82, 2.24) is 15.6 Å². The van der Waals surface area contributed by atoms with Crippen molar-refractivity contribution in [3.05, 3.63) is 89.5 Å². The first kappa shape index (κ1) is 19.6. The summed E-state index contributed by atoms with van der Waals surface area (Å²) in [6.07, 6.45) is 1.58. The minimum Gasteiger partial charge on any atom is -0.462 e. The Hall–Kier alpha value is -3.71. The maximum absolute atomic E-state index is 12.9. The molecule has 2 N–H and O–H groups in total. The minimum atomic E-state index is -0.238. The molecular weight excluding hydrogens is 398 g/mol. The van der Waals surface area contributed by atoms with Gasteiger partial charge < -0.3 is 15.1 Å². The third kappa shape index (κ3) is 4.47. The number of thiazole rings is 1. The average Bonchev–Trinajstić information content (AvgIpc) is 3.48. The highest BCUT2D eigenvalue weighted by atomic mass is 32.1. The Labute approximate surface area is 177 Å². The highest BCUT2D eigenvalue weighted by Crippen LogP contribution is 2.34. The van der Waals surface area contributed by atoms with Crippen molar-refractivity contribution < 1.29 is 14.0 Å². The van der Waals surface area contributed by atoms with Gasteiger partial charge in [0.25, 0.3) is 11.8 Å². The van der Waals surface area contributed by atoms with Crippen LogP contribution in [0.2, 0.25) is 0 Å². The van der Waals surface area contributed by atoms with Crippen molar-refractivity contribution in [3.63, 3.8) is 0 Å². The van der Waals surface area contributed by atoms with Crippen LogP contribution in [-0.2, 0) is 0 Å². The number of nitrogens with zero attached hydrogens (tertiary/aromatic N) is 1. The first-order valence-electron chi connectivity index (χ1n) is 9.44. The summed E-state index contributed by atoms with van der Waals surface area (Å²) in [6.45, 7) is 0.629. The van der Waals surface area contributed by atoms with Crippen molar-refractivity contribution in [2.75, 3.05) is 13.1 Å². The van der Waals surface area contributed by atoms with E-state index >= 15 is 0 Å². The zero-order valence-corrected chi connectivity index (χ0v) is 16.8. The van der Waals surface area contributed by atoms with Gasteiger partial charge in [-0.15, -0.1) is 11.3 Å². The van der Waals surface area contributed by atoms with Gasteiger partial charge in [0.15, 0.2) is 10.8 Å². The van der Waals surface area contributed by atoms with Crippen LogP contribution in [0.1, 0.15) is 20.0 Å². The maximum atomic E-state index is 12.9. The lowest BCUT2D eigenvalue weighted by atomic mass is 10.1. The van der Waals surface area contributed by atoms with Crippen molar-refractivity contribution in [3.8, 4) is 22.0 Å². The Kier molecular flexibility index (Phi) is 6.01. The van der Waals surface area contributed by atoms with Crippen LogP contribution in [0.4, 0.5) is 0 Å².